The van der Waals surface area contributed by atoms with Crippen LogP contribution in [0.15, 0.2) is 76.6 Å². The topological polar surface area (TPSA) is 116 Å². The number of nitrogens with one attached hydrogen (secondary N) is 2. The molecular weight excluding hydrogens is 428 g/mol. The molecule has 0 fully saturated rings. The molecule has 8 nitrogen and oxygen atoms in total. The average Bonchev–Trinajstić information content (AvgIpc) is 3.22. The number of rotatable bonds is 7. The molecule has 0 aliphatic heterocycles. The van der Waals surface area contributed by atoms with E-state index in [1.54, 1.807) is 33.2 Å². The predicted molar refractivity (Wildman–Crippen MR) is 137 cm³/mol. The molecule has 2 aromatic carbocycles. The van der Waals surface area contributed by atoms with Gasteiger partial charge in [-0.3, -0.25) is 14.9 Å². The fourth-order valence-corrected chi connectivity index (χ4v) is 3.17. The number of amides is 2. The third-order valence-electron chi connectivity index (χ3n) is 5.22. The molecule has 0 bridgehead atoms. The molecule has 34 heavy (non-hydrogen) atoms. The number of hydrogen-bond donors (Lipinski definition) is 3. The molecule has 0 radical (unpaired) electrons. The van der Waals surface area contributed by atoms with Crippen molar-refractivity contribution in [2.24, 2.45) is 10.7 Å². The second-order valence-electron chi connectivity index (χ2n) is 8.21. The van der Waals surface area contributed by atoms with E-state index < -0.39 is 5.91 Å². The highest BCUT2D eigenvalue weighted by Crippen LogP contribution is 2.17. The number of imidazole rings is 1. The zero-order chi connectivity index (χ0) is 24.8. The Bertz CT molecular complexity index is 1260. The van der Waals surface area contributed by atoms with Crippen LogP contribution in [0.5, 0.6) is 0 Å². The smallest absolute Gasteiger partial charge is 0.278 e. The van der Waals surface area contributed by atoms with Crippen LogP contribution >= 0.6 is 0 Å². The number of fused-ring (bicyclic) bond motifs is 1. The predicted octanol–water partition coefficient (Wildman–Crippen LogP) is 4.24. The van der Waals surface area contributed by atoms with Gasteiger partial charge in [-0.15, -0.1) is 0 Å². The molecule has 3 rings (SSSR count). The van der Waals surface area contributed by atoms with Crippen LogP contribution in [0, 0.1) is 0 Å². The molecule has 0 saturated carbocycles. The summed E-state index contributed by atoms with van der Waals surface area (Å²) in [5.74, 6) is -0.249. The number of allylic oxidation sites excluding steroid dienone is 3. The highest BCUT2D eigenvalue weighted by Gasteiger charge is 2.16. The van der Waals surface area contributed by atoms with Gasteiger partial charge in [-0.1, -0.05) is 36.8 Å². The lowest BCUT2D eigenvalue weighted by molar-refractivity contribution is -0.113. The number of nitrogens with zero attached hydrogens (tertiary/aromatic N) is 3. The summed E-state index contributed by atoms with van der Waals surface area (Å²) in [6.45, 7) is 5.66. The summed E-state index contributed by atoms with van der Waals surface area (Å²) < 4.78 is 0. The molecule has 0 spiro atoms. The van der Waals surface area contributed by atoms with Gasteiger partial charge in [-0.05, 0) is 50.6 Å². The number of hydrogen-bond acceptors (Lipinski definition) is 5. The monoisotopic (exact) mass is 458 g/mol. The van der Waals surface area contributed by atoms with Gasteiger partial charge in [-0.2, -0.15) is 0 Å². The third-order valence-corrected chi connectivity index (χ3v) is 5.22. The number of carbonyl (C=O) groups excluding carboxylic acids is 2. The fourth-order valence-electron chi connectivity index (χ4n) is 3.17. The van der Waals surface area contributed by atoms with Crippen molar-refractivity contribution in [1.29, 1.82) is 0 Å². The normalized spacial score (nSPS) is 13.0. The first-order valence-corrected chi connectivity index (χ1v) is 11.0. The Morgan fingerprint density at radius 1 is 1.09 bits per heavy atom. The maximum absolute atomic E-state index is 13.1. The van der Waals surface area contributed by atoms with Crippen LogP contribution in [0.25, 0.3) is 11.0 Å². The molecule has 2 amide bonds. The van der Waals surface area contributed by atoms with E-state index in [0.29, 0.717) is 17.2 Å². The summed E-state index contributed by atoms with van der Waals surface area (Å²) in [4.78, 5) is 38.9. The van der Waals surface area contributed by atoms with E-state index in [2.05, 4.69) is 20.3 Å². The van der Waals surface area contributed by atoms with Crippen molar-refractivity contribution in [3.63, 3.8) is 0 Å². The SMILES string of the molecule is CC/C(C)=C/C(=N/C(C(=O)Nc1nc2ccccc2[nH]1)=C(\C)N)c1ccc(C(=O)N(C)C)cc1. The molecule has 8 heteroatoms. The van der Waals surface area contributed by atoms with Crippen LogP contribution in [-0.4, -0.2) is 46.5 Å². The first-order valence-electron chi connectivity index (χ1n) is 11.0. The average molecular weight is 459 g/mol. The number of aromatic nitrogens is 2. The van der Waals surface area contributed by atoms with Crippen LogP contribution in [0.4, 0.5) is 5.95 Å². The Morgan fingerprint density at radius 2 is 1.74 bits per heavy atom. The molecule has 1 aromatic heterocycles. The minimum Gasteiger partial charge on any atom is -0.400 e. The molecule has 176 valence electrons. The van der Waals surface area contributed by atoms with Gasteiger partial charge < -0.3 is 15.6 Å². The first-order chi connectivity index (χ1) is 16.2. The number of benzene rings is 2. The molecule has 4 N–H and O–H groups in total. The minimum absolute atomic E-state index is 0.0871. The number of para-hydroxylation sites is 2. The van der Waals surface area contributed by atoms with Gasteiger partial charge in [0.1, 0.15) is 5.70 Å². The summed E-state index contributed by atoms with van der Waals surface area (Å²) >= 11 is 0. The van der Waals surface area contributed by atoms with Gasteiger partial charge in [0, 0.05) is 30.9 Å². The summed E-state index contributed by atoms with van der Waals surface area (Å²) in [6.07, 6.45) is 2.74. The molecule has 0 aliphatic rings. The van der Waals surface area contributed by atoms with Gasteiger partial charge in [0.2, 0.25) is 5.95 Å². The number of aliphatic imine (C=N–C) groups is 1. The van der Waals surface area contributed by atoms with Crippen molar-refractivity contribution in [1.82, 2.24) is 14.9 Å². The summed E-state index contributed by atoms with van der Waals surface area (Å²) in [5.41, 5.74) is 11.0. The maximum atomic E-state index is 13.1. The second-order valence-corrected chi connectivity index (χ2v) is 8.21. The lowest BCUT2D eigenvalue weighted by Crippen LogP contribution is -2.21. The molecule has 0 saturated heterocycles. The molecule has 1 heterocycles. The van der Waals surface area contributed by atoms with Gasteiger partial charge in [0.15, 0.2) is 0 Å². The van der Waals surface area contributed by atoms with E-state index in [-0.39, 0.29) is 17.3 Å². The van der Waals surface area contributed by atoms with Crippen LogP contribution in [0.1, 0.15) is 43.1 Å². The van der Waals surface area contributed by atoms with Crippen molar-refractivity contribution in [3.8, 4) is 0 Å². The quantitative estimate of drug-likeness (QED) is 0.363. The highest BCUT2D eigenvalue weighted by atomic mass is 16.2. The number of H-pyrrole nitrogens is 1. The Labute approximate surface area is 199 Å². The van der Waals surface area contributed by atoms with Crippen molar-refractivity contribution in [2.45, 2.75) is 27.2 Å². The largest absolute Gasteiger partial charge is 0.400 e. The van der Waals surface area contributed by atoms with Crippen molar-refractivity contribution in [3.05, 3.63) is 82.7 Å². The molecule has 0 unspecified atom stereocenters. The lowest BCUT2D eigenvalue weighted by atomic mass is 10.0. The fraction of sp³-hybridized carbons (Fsp3) is 0.231. The second kappa shape index (κ2) is 10.6. The van der Waals surface area contributed by atoms with E-state index in [9.17, 15) is 9.59 Å². The zero-order valence-corrected chi connectivity index (χ0v) is 20.1. The van der Waals surface area contributed by atoms with Crippen LogP contribution in [-0.2, 0) is 4.79 Å². The van der Waals surface area contributed by atoms with Crippen LogP contribution < -0.4 is 11.1 Å². The van der Waals surface area contributed by atoms with Gasteiger partial charge in [0.05, 0.1) is 16.7 Å². The van der Waals surface area contributed by atoms with Crippen LogP contribution in [0.2, 0.25) is 0 Å². The van der Waals surface area contributed by atoms with E-state index in [0.717, 1.165) is 28.6 Å². The van der Waals surface area contributed by atoms with Gasteiger partial charge >= 0.3 is 0 Å². The van der Waals surface area contributed by atoms with Crippen molar-refractivity contribution < 1.29 is 9.59 Å². The van der Waals surface area contributed by atoms with E-state index in [4.69, 9.17) is 5.73 Å². The number of anilines is 1. The molecule has 3 aromatic rings. The Hall–Kier alpha value is -4.20. The lowest BCUT2D eigenvalue weighted by Gasteiger charge is -2.12. The molecular formula is C26H30N6O2. The Kier molecular flexibility index (Phi) is 7.63. The maximum Gasteiger partial charge on any atom is 0.278 e. The summed E-state index contributed by atoms with van der Waals surface area (Å²) in [5, 5.41) is 2.75. The van der Waals surface area contributed by atoms with Gasteiger partial charge in [-0.25, -0.2) is 9.98 Å². The third kappa shape index (κ3) is 5.78. The van der Waals surface area contributed by atoms with Crippen molar-refractivity contribution in [2.75, 3.05) is 19.4 Å². The van der Waals surface area contributed by atoms with E-state index in [1.165, 1.54) is 4.90 Å². The Morgan fingerprint density at radius 3 is 2.32 bits per heavy atom. The molecule has 0 aliphatic carbocycles. The molecule has 0 atom stereocenters. The van der Waals surface area contributed by atoms with E-state index >= 15 is 0 Å². The minimum atomic E-state index is -0.474. The number of carbonyl (C=O) groups is 2. The zero-order valence-electron chi connectivity index (χ0n) is 20.1. The first kappa shape index (κ1) is 24.4. The number of aromatic amines is 1. The Balaban J connectivity index is 1.97. The number of nitrogens with two attached hydrogens (primary N) is 1. The van der Waals surface area contributed by atoms with Crippen LogP contribution in [0.3, 0.4) is 0 Å². The van der Waals surface area contributed by atoms with E-state index in [1.807, 2.05) is 56.3 Å². The summed E-state index contributed by atoms with van der Waals surface area (Å²) in [6, 6.07) is 14.6. The highest BCUT2D eigenvalue weighted by molar-refractivity contribution is 6.13. The summed E-state index contributed by atoms with van der Waals surface area (Å²) in [7, 11) is 3.41. The van der Waals surface area contributed by atoms with Crippen molar-refractivity contribution >= 4 is 34.5 Å². The van der Waals surface area contributed by atoms with Gasteiger partial charge in [0.25, 0.3) is 11.8 Å². The standard InChI is InChI=1S/C26H30N6O2/c1-6-16(2)15-22(18-11-13-19(14-12-18)25(34)32(4)5)28-23(17(3)27)24(33)31-26-29-20-9-7-8-10-21(20)30-26/h7-15H,6,27H2,1-5H3,(H2,29,30,31,33)/b16-15+,23-17+,28-22-.